The third-order valence-corrected chi connectivity index (χ3v) is 9.05. The summed E-state index contributed by atoms with van der Waals surface area (Å²) in [6.07, 6.45) is 3.04. The standard InChI is InChI=1S/C7H16PSi/c1-8(2)5-4-6-9(3)7-8/h7H,4-6H2,1-3H3. The van der Waals surface area contributed by atoms with E-state index in [1.54, 1.807) is 0 Å². The summed E-state index contributed by atoms with van der Waals surface area (Å²) in [5.74, 6) is 0. The van der Waals surface area contributed by atoms with Crippen LogP contribution < -0.4 is 0 Å². The maximum atomic E-state index is 2.71. The van der Waals surface area contributed by atoms with Crippen LogP contribution in [0.3, 0.4) is 0 Å². The molecule has 0 aromatic heterocycles. The smallest absolute Gasteiger partial charge is 0.0727 e. The Morgan fingerprint density at radius 3 is 2.44 bits per heavy atom. The van der Waals surface area contributed by atoms with Crippen molar-refractivity contribution >= 4 is 21.1 Å². The van der Waals surface area contributed by atoms with Gasteiger partial charge in [-0.1, -0.05) is 24.4 Å². The summed E-state index contributed by atoms with van der Waals surface area (Å²) in [6, 6.07) is 1.54. The Labute approximate surface area is 60.2 Å². The van der Waals surface area contributed by atoms with Crippen molar-refractivity contribution in [3.05, 3.63) is 0 Å². The maximum absolute atomic E-state index is 2.71. The van der Waals surface area contributed by atoms with E-state index < -0.39 is 6.89 Å². The van der Waals surface area contributed by atoms with E-state index in [1.807, 2.05) is 0 Å². The molecule has 1 aliphatic rings. The molecule has 0 atom stereocenters. The average Bonchev–Trinajstić information content (AvgIpc) is 1.60. The number of hydrogen-bond donors (Lipinski definition) is 0. The molecule has 2 heteroatoms. The highest BCUT2D eigenvalue weighted by molar-refractivity contribution is 7.77. The second-order valence-corrected chi connectivity index (χ2v) is 10.8. The van der Waals surface area contributed by atoms with Gasteiger partial charge in [-0.3, -0.25) is 0 Å². The predicted octanol–water partition coefficient (Wildman–Crippen LogP) is 2.13. The third kappa shape index (κ3) is 2.31. The van der Waals surface area contributed by atoms with Crippen molar-refractivity contribution < 1.29 is 0 Å². The molecule has 0 aliphatic carbocycles. The van der Waals surface area contributed by atoms with Gasteiger partial charge in [-0.25, -0.2) is 0 Å². The molecule has 0 saturated carbocycles. The van der Waals surface area contributed by atoms with Gasteiger partial charge in [0, 0.05) is 0 Å². The molecule has 0 fully saturated rings. The summed E-state index contributed by atoms with van der Waals surface area (Å²) in [5.41, 5.74) is 2.71. The molecule has 1 aliphatic heterocycles. The quantitative estimate of drug-likeness (QED) is 0.375. The summed E-state index contributed by atoms with van der Waals surface area (Å²) >= 11 is 0. The van der Waals surface area contributed by atoms with Crippen molar-refractivity contribution in [2.75, 3.05) is 19.5 Å². The van der Waals surface area contributed by atoms with Crippen molar-refractivity contribution in [2.24, 2.45) is 0 Å². The molecule has 1 radical (unpaired) electrons. The van der Waals surface area contributed by atoms with Crippen LogP contribution in [0.5, 0.6) is 0 Å². The Hall–Kier alpha value is 0.517. The molecular weight excluding hydrogens is 143 g/mol. The zero-order valence-corrected chi connectivity index (χ0v) is 8.54. The summed E-state index contributed by atoms with van der Waals surface area (Å²) in [5, 5.41) is 0. The second-order valence-electron chi connectivity index (χ2n) is 3.58. The number of rotatable bonds is 0. The van der Waals surface area contributed by atoms with E-state index in [-0.39, 0.29) is 8.80 Å². The molecule has 0 saturated heterocycles. The van der Waals surface area contributed by atoms with Gasteiger partial charge in [0.05, 0.1) is 8.80 Å². The summed E-state index contributed by atoms with van der Waals surface area (Å²) < 4.78 is 0. The highest BCUT2D eigenvalue weighted by Gasteiger charge is 2.13. The van der Waals surface area contributed by atoms with Crippen LogP contribution in [0.15, 0.2) is 0 Å². The summed E-state index contributed by atoms with van der Waals surface area (Å²) in [4.78, 5) is 0. The minimum absolute atomic E-state index is 0.0248. The van der Waals surface area contributed by atoms with Crippen LogP contribution in [0.2, 0.25) is 12.6 Å². The van der Waals surface area contributed by atoms with Crippen LogP contribution in [-0.4, -0.2) is 33.7 Å². The van der Waals surface area contributed by atoms with E-state index in [1.165, 1.54) is 18.6 Å². The van der Waals surface area contributed by atoms with E-state index in [0.717, 1.165) is 0 Å². The van der Waals surface area contributed by atoms with Crippen molar-refractivity contribution in [1.82, 2.24) is 0 Å². The minimum Gasteiger partial charge on any atom is -0.119 e. The van der Waals surface area contributed by atoms with Gasteiger partial charge in [0.25, 0.3) is 0 Å². The highest BCUT2D eigenvalue weighted by atomic mass is 31.2. The van der Waals surface area contributed by atoms with Crippen LogP contribution in [0.25, 0.3) is 0 Å². The monoisotopic (exact) mass is 159 g/mol. The lowest BCUT2D eigenvalue weighted by atomic mass is 10.6. The fourth-order valence-corrected chi connectivity index (χ4v) is 9.30. The normalized spacial score (nSPS) is 27.4. The van der Waals surface area contributed by atoms with Crippen molar-refractivity contribution in [3.8, 4) is 0 Å². The lowest BCUT2D eigenvalue weighted by Crippen LogP contribution is -2.16. The molecule has 0 aromatic rings. The van der Waals surface area contributed by atoms with Gasteiger partial charge < -0.3 is 0 Å². The summed E-state index contributed by atoms with van der Waals surface area (Å²) in [6.45, 7) is 6.92. The molecule has 0 spiro atoms. The van der Waals surface area contributed by atoms with Gasteiger partial charge in [-0.05, 0) is 19.5 Å². The highest BCUT2D eigenvalue weighted by Crippen LogP contribution is 2.41. The Bertz CT molecular complexity index is 145. The van der Waals surface area contributed by atoms with Gasteiger partial charge in [-0.15, -0.1) is 6.89 Å². The third-order valence-electron chi connectivity index (χ3n) is 1.88. The van der Waals surface area contributed by atoms with E-state index in [9.17, 15) is 0 Å². The first-order chi connectivity index (χ1) is 4.10. The van der Waals surface area contributed by atoms with Gasteiger partial charge in [-0.2, -0.15) is 0 Å². The van der Waals surface area contributed by atoms with Gasteiger partial charge in [0.1, 0.15) is 0 Å². The van der Waals surface area contributed by atoms with Crippen LogP contribution in [0, 0.1) is 0 Å². The molecule has 0 aromatic carbocycles. The summed E-state index contributed by atoms with van der Waals surface area (Å²) in [7, 11) is 0.0248. The van der Waals surface area contributed by atoms with Crippen LogP contribution in [0.1, 0.15) is 6.42 Å². The largest absolute Gasteiger partial charge is 0.119 e. The zero-order valence-electron chi connectivity index (χ0n) is 6.65. The minimum atomic E-state index is -0.472. The molecule has 9 heavy (non-hydrogen) atoms. The Balaban J connectivity index is 2.71. The SMILES string of the molecule is C[Si]1C=P(C)(C)CCC1. The van der Waals surface area contributed by atoms with Crippen molar-refractivity contribution in [2.45, 2.75) is 19.0 Å². The Morgan fingerprint density at radius 2 is 2.11 bits per heavy atom. The van der Waals surface area contributed by atoms with E-state index >= 15 is 0 Å². The first kappa shape index (κ1) is 7.62. The predicted molar refractivity (Wildman–Crippen MR) is 50.7 cm³/mol. The van der Waals surface area contributed by atoms with E-state index in [0.29, 0.717) is 0 Å². The van der Waals surface area contributed by atoms with Crippen molar-refractivity contribution in [1.29, 1.82) is 0 Å². The molecule has 53 valence electrons. The maximum Gasteiger partial charge on any atom is 0.0727 e. The van der Waals surface area contributed by atoms with Gasteiger partial charge in [0.2, 0.25) is 0 Å². The molecule has 0 bridgehead atoms. The zero-order chi connectivity index (χ0) is 6.91. The lowest BCUT2D eigenvalue weighted by molar-refractivity contribution is 1.07. The van der Waals surface area contributed by atoms with Crippen LogP contribution in [0.4, 0.5) is 0 Å². The lowest BCUT2D eigenvalue weighted by Gasteiger charge is -2.23. The Morgan fingerprint density at radius 1 is 1.44 bits per heavy atom. The second kappa shape index (κ2) is 2.63. The number of hydrogen-bond acceptors (Lipinski definition) is 0. The molecule has 0 nitrogen and oxygen atoms in total. The molecule has 0 unspecified atom stereocenters. The van der Waals surface area contributed by atoms with Crippen molar-refractivity contribution in [3.63, 3.8) is 0 Å². The molecular formula is C7H16PSi. The molecule has 0 N–H and O–H groups in total. The van der Waals surface area contributed by atoms with Crippen LogP contribution >= 0.6 is 6.89 Å². The molecule has 0 amide bonds. The topological polar surface area (TPSA) is 0 Å². The fourth-order valence-electron chi connectivity index (χ4n) is 1.49. The Kier molecular flexibility index (Phi) is 2.23. The molecule has 1 rings (SSSR count). The molecule has 1 heterocycles. The van der Waals surface area contributed by atoms with E-state index in [4.69, 9.17) is 0 Å². The van der Waals surface area contributed by atoms with Gasteiger partial charge in [0.15, 0.2) is 0 Å². The average molecular weight is 159 g/mol. The van der Waals surface area contributed by atoms with Gasteiger partial charge >= 0.3 is 0 Å². The van der Waals surface area contributed by atoms with E-state index in [2.05, 4.69) is 25.3 Å². The fraction of sp³-hybridized carbons (Fsp3) is 0.857. The van der Waals surface area contributed by atoms with Crippen LogP contribution in [-0.2, 0) is 0 Å². The first-order valence-corrected chi connectivity index (χ1v) is 8.83. The first-order valence-electron chi connectivity index (χ1n) is 3.61.